The van der Waals surface area contributed by atoms with Gasteiger partial charge in [0.25, 0.3) is 5.91 Å². The summed E-state index contributed by atoms with van der Waals surface area (Å²) < 4.78 is 31.2. The van der Waals surface area contributed by atoms with Crippen molar-refractivity contribution in [2.75, 3.05) is 26.3 Å². The Morgan fingerprint density at radius 1 is 1.24 bits per heavy atom. The van der Waals surface area contributed by atoms with Crippen LogP contribution in [0.5, 0.6) is 5.75 Å². The summed E-state index contributed by atoms with van der Waals surface area (Å²) >= 11 is 1.38. The quantitative estimate of drug-likeness (QED) is 0.455. The number of hydrogen-bond donors (Lipinski definition) is 1. The van der Waals surface area contributed by atoms with Crippen LogP contribution in [0.4, 0.5) is 4.39 Å². The van der Waals surface area contributed by atoms with E-state index in [0.717, 1.165) is 23.5 Å². The molecule has 3 heterocycles. The fourth-order valence-electron chi connectivity index (χ4n) is 4.54. The molecule has 1 fully saturated rings. The molecule has 0 aliphatic carbocycles. The Bertz CT molecular complexity index is 1190. The number of fused-ring (bicyclic) bond motifs is 1. The van der Waals surface area contributed by atoms with Gasteiger partial charge in [0.15, 0.2) is 0 Å². The zero-order valence-electron chi connectivity index (χ0n) is 22.0. The molecule has 2 amide bonds. The number of nitrogens with two attached hydrogens (primary N) is 1. The molecular formula is C27H34FN3O6S. The Kier molecular flexibility index (Phi) is 8.69. The smallest absolute Gasteiger partial charge is 0.306 e. The highest BCUT2D eigenvalue weighted by molar-refractivity contribution is 7.10. The number of morpholine rings is 1. The van der Waals surface area contributed by atoms with Crippen LogP contribution in [0.3, 0.4) is 0 Å². The van der Waals surface area contributed by atoms with Crippen LogP contribution in [-0.4, -0.2) is 65.5 Å². The van der Waals surface area contributed by atoms with Crippen molar-refractivity contribution in [3.05, 3.63) is 51.0 Å². The number of thiophene rings is 1. The summed E-state index contributed by atoms with van der Waals surface area (Å²) in [6, 6.07) is 3.91. The first kappa shape index (κ1) is 28.0. The minimum atomic E-state index is -0.936. The van der Waals surface area contributed by atoms with E-state index in [1.165, 1.54) is 22.3 Å². The summed E-state index contributed by atoms with van der Waals surface area (Å²) in [6.07, 6.45) is 0.0379. The van der Waals surface area contributed by atoms with Crippen molar-refractivity contribution in [3.63, 3.8) is 0 Å². The van der Waals surface area contributed by atoms with Crippen LogP contribution in [0.25, 0.3) is 0 Å². The number of ether oxygens (including phenoxy) is 3. The Morgan fingerprint density at radius 2 is 1.97 bits per heavy atom. The van der Waals surface area contributed by atoms with Crippen molar-refractivity contribution in [2.45, 2.75) is 65.0 Å². The average molecular weight is 548 g/mol. The standard InChI is InChI=1S/C27H34FN3O6S/c1-27(2,3)37-24(32)7-6-22(25(29)33)31-14-19-20(26(31)34)16-38-23(19)15-36-18-5-4-17(21(28)12-18)13-30-8-10-35-11-9-30/h4-5,12,16,22H,6-11,13-15H2,1-3H3,(H2,29,33)/t22-/m0/s1. The van der Waals surface area contributed by atoms with Gasteiger partial charge in [0.2, 0.25) is 5.91 Å². The lowest BCUT2D eigenvalue weighted by molar-refractivity contribution is -0.155. The second-order valence-corrected chi connectivity index (χ2v) is 11.4. The van der Waals surface area contributed by atoms with E-state index in [9.17, 15) is 18.8 Å². The van der Waals surface area contributed by atoms with E-state index in [4.69, 9.17) is 19.9 Å². The van der Waals surface area contributed by atoms with Gasteiger partial charge in [0.1, 0.15) is 29.8 Å². The SMILES string of the molecule is CC(C)(C)OC(=O)CC[C@@H](C(N)=O)N1Cc2c(csc2COc2ccc(CN3CCOCC3)c(F)c2)C1=O. The molecule has 2 aliphatic rings. The first-order valence-electron chi connectivity index (χ1n) is 12.6. The third-order valence-corrected chi connectivity index (χ3v) is 7.44. The molecule has 1 saturated heterocycles. The van der Waals surface area contributed by atoms with Crippen molar-refractivity contribution >= 4 is 29.1 Å². The van der Waals surface area contributed by atoms with E-state index in [2.05, 4.69) is 4.90 Å². The van der Waals surface area contributed by atoms with Crippen LogP contribution in [0.15, 0.2) is 23.6 Å². The monoisotopic (exact) mass is 547 g/mol. The van der Waals surface area contributed by atoms with E-state index in [0.29, 0.717) is 36.6 Å². The number of amides is 2. The molecule has 206 valence electrons. The number of nitrogens with zero attached hydrogens (tertiary/aromatic N) is 2. The summed E-state index contributed by atoms with van der Waals surface area (Å²) in [5, 5.41) is 1.73. The molecule has 2 aliphatic heterocycles. The van der Waals surface area contributed by atoms with E-state index >= 15 is 0 Å². The molecule has 9 nitrogen and oxygen atoms in total. The third kappa shape index (κ3) is 6.89. The molecule has 0 spiro atoms. The van der Waals surface area contributed by atoms with Crippen molar-refractivity contribution in [2.24, 2.45) is 5.73 Å². The van der Waals surface area contributed by atoms with Gasteiger partial charge < -0.3 is 24.8 Å². The Labute approximate surface area is 225 Å². The highest BCUT2D eigenvalue weighted by Crippen LogP contribution is 2.34. The van der Waals surface area contributed by atoms with Gasteiger partial charge in [0, 0.05) is 60.1 Å². The first-order valence-corrected chi connectivity index (χ1v) is 13.5. The lowest BCUT2D eigenvalue weighted by Gasteiger charge is -2.26. The zero-order chi connectivity index (χ0) is 27.4. The Hall–Kier alpha value is -3.02. The van der Waals surface area contributed by atoms with Gasteiger partial charge >= 0.3 is 5.97 Å². The first-order chi connectivity index (χ1) is 18.0. The van der Waals surface area contributed by atoms with Crippen molar-refractivity contribution < 1.29 is 33.0 Å². The maximum absolute atomic E-state index is 14.7. The van der Waals surface area contributed by atoms with Gasteiger partial charge in [-0.15, -0.1) is 11.3 Å². The van der Waals surface area contributed by atoms with Crippen LogP contribution in [0.1, 0.15) is 60.0 Å². The van der Waals surface area contributed by atoms with Gasteiger partial charge in [-0.3, -0.25) is 19.3 Å². The average Bonchev–Trinajstić information content (AvgIpc) is 3.39. The lowest BCUT2D eigenvalue weighted by Crippen LogP contribution is -2.45. The maximum atomic E-state index is 14.7. The van der Waals surface area contributed by atoms with Gasteiger partial charge in [-0.25, -0.2) is 4.39 Å². The van der Waals surface area contributed by atoms with Crippen LogP contribution in [0, 0.1) is 5.82 Å². The van der Waals surface area contributed by atoms with E-state index in [-0.39, 0.29) is 37.7 Å². The molecular weight excluding hydrogens is 513 g/mol. The molecule has 38 heavy (non-hydrogen) atoms. The fourth-order valence-corrected chi connectivity index (χ4v) is 5.49. The van der Waals surface area contributed by atoms with E-state index < -0.39 is 23.5 Å². The van der Waals surface area contributed by atoms with Gasteiger partial charge in [-0.2, -0.15) is 0 Å². The van der Waals surface area contributed by atoms with Crippen molar-refractivity contribution in [1.29, 1.82) is 0 Å². The zero-order valence-corrected chi connectivity index (χ0v) is 22.8. The molecule has 1 aromatic heterocycles. The van der Waals surface area contributed by atoms with Crippen LogP contribution in [-0.2, 0) is 38.8 Å². The van der Waals surface area contributed by atoms with Crippen molar-refractivity contribution in [3.8, 4) is 5.75 Å². The molecule has 0 radical (unpaired) electrons. The maximum Gasteiger partial charge on any atom is 0.306 e. The predicted octanol–water partition coefficient (Wildman–Crippen LogP) is 3.23. The number of benzene rings is 1. The molecule has 0 saturated carbocycles. The molecule has 4 rings (SSSR count). The van der Waals surface area contributed by atoms with Crippen LogP contribution < -0.4 is 10.5 Å². The number of esters is 1. The summed E-state index contributed by atoms with van der Waals surface area (Å²) in [6.45, 7) is 8.98. The number of hydrogen-bond acceptors (Lipinski definition) is 8. The topological polar surface area (TPSA) is 111 Å². The third-order valence-electron chi connectivity index (χ3n) is 6.44. The highest BCUT2D eigenvalue weighted by Gasteiger charge is 2.38. The molecule has 1 aromatic carbocycles. The molecule has 2 aromatic rings. The lowest BCUT2D eigenvalue weighted by atomic mass is 10.1. The summed E-state index contributed by atoms with van der Waals surface area (Å²) in [4.78, 5) is 41.7. The predicted molar refractivity (Wildman–Crippen MR) is 139 cm³/mol. The molecule has 2 N–H and O–H groups in total. The molecule has 1 atom stereocenters. The number of rotatable bonds is 10. The number of halogens is 1. The largest absolute Gasteiger partial charge is 0.488 e. The van der Waals surface area contributed by atoms with Gasteiger partial charge in [-0.05, 0) is 33.3 Å². The summed E-state index contributed by atoms with van der Waals surface area (Å²) in [7, 11) is 0. The summed E-state index contributed by atoms with van der Waals surface area (Å²) in [5.41, 5.74) is 6.80. The van der Waals surface area contributed by atoms with Crippen LogP contribution in [0.2, 0.25) is 0 Å². The van der Waals surface area contributed by atoms with Gasteiger partial charge in [0.05, 0.1) is 18.8 Å². The fraction of sp³-hybridized carbons (Fsp3) is 0.519. The second kappa shape index (κ2) is 11.8. The molecule has 0 unspecified atom stereocenters. The Morgan fingerprint density at radius 3 is 2.63 bits per heavy atom. The van der Waals surface area contributed by atoms with E-state index in [1.54, 1.807) is 38.3 Å². The van der Waals surface area contributed by atoms with Crippen LogP contribution >= 0.6 is 11.3 Å². The minimum absolute atomic E-state index is 0.0371. The minimum Gasteiger partial charge on any atom is -0.488 e. The van der Waals surface area contributed by atoms with Crippen molar-refractivity contribution in [1.82, 2.24) is 9.80 Å². The van der Waals surface area contributed by atoms with Gasteiger partial charge in [-0.1, -0.05) is 6.07 Å². The molecule has 11 heteroatoms. The Balaban J connectivity index is 1.37. The molecule has 0 bridgehead atoms. The number of primary amides is 1. The number of carbonyl (C=O) groups is 3. The normalized spacial score (nSPS) is 16.8. The second-order valence-electron chi connectivity index (χ2n) is 10.5. The highest BCUT2D eigenvalue weighted by atomic mass is 32.1. The van der Waals surface area contributed by atoms with E-state index in [1.807, 2.05) is 0 Å². The number of carbonyl (C=O) groups excluding carboxylic acids is 3. The summed E-state index contributed by atoms with van der Waals surface area (Å²) in [5.74, 6) is -1.39.